The standard InChI is InChI=1S/C19H24N2O2/c1-3-14-9-10-15(4-2)18(11-14)21-19(23)20-12-16-7-5-6-8-17(16)13-22/h5-11,22H,3-4,12-13H2,1-2H3,(H2,20,21,23). The van der Waals surface area contributed by atoms with E-state index in [1.165, 1.54) is 5.56 Å². The van der Waals surface area contributed by atoms with Gasteiger partial charge in [-0.15, -0.1) is 0 Å². The summed E-state index contributed by atoms with van der Waals surface area (Å²) >= 11 is 0. The Balaban J connectivity index is 2.02. The summed E-state index contributed by atoms with van der Waals surface area (Å²) in [6, 6.07) is 13.5. The number of aryl methyl sites for hydroxylation is 2. The number of carbonyl (C=O) groups is 1. The number of nitrogens with one attached hydrogen (secondary N) is 2. The highest BCUT2D eigenvalue weighted by Crippen LogP contribution is 2.19. The van der Waals surface area contributed by atoms with Gasteiger partial charge in [0.25, 0.3) is 0 Å². The second-order valence-corrected chi connectivity index (χ2v) is 5.43. The molecule has 0 radical (unpaired) electrons. The van der Waals surface area contributed by atoms with E-state index in [9.17, 15) is 9.90 Å². The number of aliphatic hydroxyl groups excluding tert-OH is 1. The molecule has 0 aliphatic rings. The van der Waals surface area contributed by atoms with E-state index in [0.29, 0.717) is 6.54 Å². The largest absolute Gasteiger partial charge is 0.392 e. The van der Waals surface area contributed by atoms with Crippen molar-refractivity contribution >= 4 is 11.7 Å². The van der Waals surface area contributed by atoms with Crippen LogP contribution >= 0.6 is 0 Å². The van der Waals surface area contributed by atoms with Crippen LogP contribution in [0.5, 0.6) is 0 Å². The summed E-state index contributed by atoms with van der Waals surface area (Å²) in [5, 5.41) is 15.1. The first-order valence-electron chi connectivity index (χ1n) is 8.02. The molecule has 0 aliphatic heterocycles. The molecule has 0 bridgehead atoms. The minimum atomic E-state index is -0.235. The monoisotopic (exact) mass is 312 g/mol. The highest BCUT2D eigenvalue weighted by Gasteiger charge is 2.08. The Morgan fingerprint density at radius 1 is 1.00 bits per heavy atom. The van der Waals surface area contributed by atoms with Crippen LogP contribution in [0.1, 0.15) is 36.1 Å². The molecule has 0 atom stereocenters. The van der Waals surface area contributed by atoms with Gasteiger partial charge in [-0.3, -0.25) is 0 Å². The molecule has 0 saturated heterocycles. The van der Waals surface area contributed by atoms with Crippen LogP contribution in [0.2, 0.25) is 0 Å². The molecular weight excluding hydrogens is 288 g/mol. The number of hydrogen-bond acceptors (Lipinski definition) is 2. The number of benzene rings is 2. The van der Waals surface area contributed by atoms with E-state index in [2.05, 4.69) is 36.6 Å². The molecule has 0 unspecified atom stereocenters. The smallest absolute Gasteiger partial charge is 0.319 e. The number of hydrogen-bond donors (Lipinski definition) is 3. The van der Waals surface area contributed by atoms with Gasteiger partial charge >= 0.3 is 6.03 Å². The van der Waals surface area contributed by atoms with E-state index in [4.69, 9.17) is 0 Å². The van der Waals surface area contributed by atoms with Gasteiger partial charge in [0.15, 0.2) is 0 Å². The van der Waals surface area contributed by atoms with Gasteiger partial charge in [0.1, 0.15) is 0 Å². The third-order valence-corrected chi connectivity index (χ3v) is 3.94. The predicted octanol–water partition coefficient (Wildman–Crippen LogP) is 3.63. The minimum Gasteiger partial charge on any atom is -0.392 e. The zero-order valence-electron chi connectivity index (χ0n) is 13.7. The molecule has 2 aromatic carbocycles. The van der Waals surface area contributed by atoms with Crippen molar-refractivity contribution in [3.8, 4) is 0 Å². The Hall–Kier alpha value is -2.33. The Labute approximate surface area is 137 Å². The molecule has 0 spiro atoms. The Morgan fingerprint density at radius 3 is 2.39 bits per heavy atom. The number of urea groups is 1. The molecule has 0 aliphatic carbocycles. The highest BCUT2D eigenvalue weighted by molar-refractivity contribution is 5.90. The Bertz CT molecular complexity index is 668. The number of aliphatic hydroxyl groups is 1. The number of amides is 2. The molecule has 2 rings (SSSR count). The van der Waals surface area contributed by atoms with Crippen molar-refractivity contribution < 1.29 is 9.90 Å². The SMILES string of the molecule is CCc1ccc(CC)c(NC(=O)NCc2ccccc2CO)c1. The number of anilines is 1. The van der Waals surface area contributed by atoms with E-state index in [1.54, 1.807) is 0 Å². The van der Waals surface area contributed by atoms with Gasteiger partial charge < -0.3 is 15.7 Å². The highest BCUT2D eigenvalue weighted by atomic mass is 16.3. The van der Waals surface area contributed by atoms with Crippen molar-refractivity contribution in [3.63, 3.8) is 0 Å². The fraction of sp³-hybridized carbons (Fsp3) is 0.316. The normalized spacial score (nSPS) is 10.4. The maximum atomic E-state index is 12.2. The summed E-state index contributed by atoms with van der Waals surface area (Å²) in [6.45, 7) is 4.52. The van der Waals surface area contributed by atoms with Crippen molar-refractivity contribution in [2.75, 3.05) is 5.32 Å². The molecule has 0 saturated carbocycles. The molecule has 4 nitrogen and oxygen atoms in total. The van der Waals surface area contributed by atoms with Crippen LogP contribution in [0.15, 0.2) is 42.5 Å². The Kier molecular flexibility index (Phi) is 6.18. The molecule has 122 valence electrons. The van der Waals surface area contributed by atoms with Crippen molar-refractivity contribution in [1.29, 1.82) is 0 Å². The third-order valence-electron chi connectivity index (χ3n) is 3.94. The molecule has 0 heterocycles. The van der Waals surface area contributed by atoms with Crippen LogP contribution < -0.4 is 10.6 Å². The lowest BCUT2D eigenvalue weighted by atomic mass is 10.1. The lowest BCUT2D eigenvalue weighted by molar-refractivity contribution is 0.251. The van der Waals surface area contributed by atoms with Crippen molar-refractivity contribution in [1.82, 2.24) is 5.32 Å². The first-order chi connectivity index (χ1) is 11.2. The van der Waals surface area contributed by atoms with Gasteiger partial charge in [-0.2, -0.15) is 0 Å². The second-order valence-electron chi connectivity index (χ2n) is 5.43. The van der Waals surface area contributed by atoms with Gasteiger partial charge in [-0.05, 0) is 41.2 Å². The lowest BCUT2D eigenvalue weighted by Crippen LogP contribution is -2.29. The quantitative estimate of drug-likeness (QED) is 0.763. The summed E-state index contributed by atoms with van der Waals surface area (Å²) < 4.78 is 0. The molecule has 23 heavy (non-hydrogen) atoms. The average Bonchev–Trinajstić information content (AvgIpc) is 2.60. The van der Waals surface area contributed by atoms with Crippen LogP contribution in [-0.2, 0) is 26.0 Å². The summed E-state index contributed by atoms with van der Waals surface area (Å²) in [5.41, 5.74) is 4.93. The van der Waals surface area contributed by atoms with Crippen molar-refractivity contribution in [2.24, 2.45) is 0 Å². The van der Waals surface area contributed by atoms with Crippen LogP contribution in [0.4, 0.5) is 10.5 Å². The van der Waals surface area contributed by atoms with Crippen LogP contribution in [0.3, 0.4) is 0 Å². The van der Waals surface area contributed by atoms with E-state index < -0.39 is 0 Å². The Morgan fingerprint density at radius 2 is 1.74 bits per heavy atom. The van der Waals surface area contributed by atoms with Crippen LogP contribution in [-0.4, -0.2) is 11.1 Å². The van der Waals surface area contributed by atoms with E-state index in [1.807, 2.05) is 30.3 Å². The maximum absolute atomic E-state index is 12.2. The molecule has 2 amide bonds. The molecule has 0 fully saturated rings. The average molecular weight is 312 g/mol. The number of carbonyl (C=O) groups excluding carboxylic acids is 1. The fourth-order valence-electron chi connectivity index (χ4n) is 2.49. The first-order valence-corrected chi connectivity index (χ1v) is 8.02. The van der Waals surface area contributed by atoms with E-state index in [-0.39, 0.29) is 12.6 Å². The fourth-order valence-corrected chi connectivity index (χ4v) is 2.49. The second kappa shape index (κ2) is 8.34. The van der Waals surface area contributed by atoms with Crippen LogP contribution in [0, 0.1) is 0 Å². The van der Waals surface area contributed by atoms with E-state index >= 15 is 0 Å². The third kappa shape index (κ3) is 4.57. The predicted molar refractivity (Wildman–Crippen MR) is 93.4 cm³/mol. The summed E-state index contributed by atoms with van der Waals surface area (Å²) in [4.78, 5) is 12.2. The maximum Gasteiger partial charge on any atom is 0.319 e. The zero-order chi connectivity index (χ0) is 16.7. The topological polar surface area (TPSA) is 61.4 Å². The summed E-state index contributed by atoms with van der Waals surface area (Å²) in [5.74, 6) is 0. The van der Waals surface area contributed by atoms with Gasteiger partial charge in [0, 0.05) is 12.2 Å². The summed E-state index contributed by atoms with van der Waals surface area (Å²) in [6.07, 6.45) is 1.80. The molecular formula is C19H24N2O2. The lowest BCUT2D eigenvalue weighted by Gasteiger charge is -2.13. The van der Waals surface area contributed by atoms with Gasteiger partial charge in [-0.1, -0.05) is 50.2 Å². The van der Waals surface area contributed by atoms with Gasteiger partial charge in [0.2, 0.25) is 0 Å². The van der Waals surface area contributed by atoms with E-state index in [0.717, 1.165) is 35.2 Å². The van der Waals surface area contributed by atoms with Crippen molar-refractivity contribution in [3.05, 3.63) is 64.7 Å². The van der Waals surface area contributed by atoms with Crippen LogP contribution in [0.25, 0.3) is 0 Å². The first kappa shape index (κ1) is 17.0. The minimum absolute atomic E-state index is 0.0298. The van der Waals surface area contributed by atoms with Crippen molar-refractivity contribution in [2.45, 2.75) is 39.8 Å². The molecule has 3 N–H and O–H groups in total. The molecule has 4 heteroatoms. The summed E-state index contributed by atoms with van der Waals surface area (Å²) in [7, 11) is 0. The zero-order valence-corrected chi connectivity index (χ0v) is 13.7. The molecule has 0 aromatic heterocycles. The molecule has 2 aromatic rings. The van der Waals surface area contributed by atoms with Gasteiger partial charge in [0.05, 0.1) is 6.61 Å². The number of rotatable bonds is 6. The van der Waals surface area contributed by atoms with Gasteiger partial charge in [-0.25, -0.2) is 4.79 Å².